The van der Waals surface area contributed by atoms with Crippen LogP contribution in [0, 0.1) is 0 Å². The molecule has 0 N–H and O–H groups in total. The number of benzene rings is 3. The van der Waals surface area contributed by atoms with Crippen LogP contribution in [-0.2, 0) is 16.4 Å². The second-order valence-electron chi connectivity index (χ2n) is 7.33. The number of hydrogen-bond acceptors (Lipinski definition) is 5. The predicted octanol–water partition coefficient (Wildman–Crippen LogP) is 4.67. The average molecular weight is 435 g/mol. The molecule has 0 radical (unpaired) electrons. The molecule has 0 amide bonds. The lowest BCUT2D eigenvalue weighted by molar-refractivity contribution is 0.103. The fourth-order valence-corrected chi connectivity index (χ4v) is 6.57. The topological polar surface area (TPSA) is 67.3 Å². The summed E-state index contributed by atoms with van der Waals surface area (Å²) in [4.78, 5) is 17.5. The number of nitrogens with zero attached hydrogens (tertiary/aromatic N) is 2. The van der Waals surface area contributed by atoms with E-state index < -0.39 is 10.0 Å². The maximum absolute atomic E-state index is 13.5. The van der Waals surface area contributed by atoms with Crippen molar-refractivity contribution in [3.8, 4) is 0 Å². The number of anilines is 1. The number of hydrogen-bond donors (Lipinski definition) is 0. The van der Waals surface area contributed by atoms with Crippen molar-refractivity contribution in [3.05, 3.63) is 88.9 Å². The molecule has 1 aliphatic heterocycles. The molecule has 0 fully saturated rings. The van der Waals surface area contributed by atoms with E-state index in [1.807, 2.05) is 55.5 Å². The Morgan fingerprint density at radius 3 is 2.63 bits per heavy atom. The summed E-state index contributed by atoms with van der Waals surface area (Å²) < 4.78 is 29.3. The number of thiazole rings is 1. The lowest BCUT2D eigenvalue weighted by Crippen LogP contribution is -2.35. The molecule has 1 aromatic heterocycles. The summed E-state index contributed by atoms with van der Waals surface area (Å²) in [5, 5.41) is 0.352. The summed E-state index contributed by atoms with van der Waals surface area (Å²) in [6.07, 6.45) is 0.666. The molecule has 5 rings (SSSR count). The van der Waals surface area contributed by atoms with Gasteiger partial charge in [0.1, 0.15) is 0 Å². The molecular formula is C23H18N2O3S2. The van der Waals surface area contributed by atoms with Crippen LogP contribution >= 0.6 is 11.3 Å². The first-order chi connectivity index (χ1) is 14.4. The van der Waals surface area contributed by atoms with Gasteiger partial charge in [-0.1, -0.05) is 42.5 Å². The third-order valence-electron chi connectivity index (χ3n) is 5.29. The molecule has 4 aromatic rings. The predicted molar refractivity (Wildman–Crippen MR) is 119 cm³/mol. The minimum atomic E-state index is -3.80. The molecule has 1 atom stereocenters. The summed E-state index contributed by atoms with van der Waals surface area (Å²) >= 11 is 1.31. The van der Waals surface area contributed by atoms with Crippen LogP contribution in [0.2, 0.25) is 0 Å². The summed E-state index contributed by atoms with van der Waals surface area (Å²) in [5.41, 5.74) is 2.79. The Labute approximate surface area is 178 Å². The van der Waals surface area contributed by atoms with Crippen LogP contribution in [0.3, 0.4) is 0 Å². The fraction of sp³-hybridized carbons (Fsp3) is 0.130. The van der Waals surface area contributed by atoms with Crippen LogP contribution in [0.5, 0.6) is 0 Å². The first-order valence-electron chi connectivity index (χ1n) is 9.58. The van der Waals surface area contributed by atoms with Crippen molar-refractivity contribution in [2.24, 2.45) is 0 Å². The lowest BCUT2D eigenvalue weighted by Gasteiger charge is -2.24. The van der Waals surface area contributed by atoms with Gasteiger partial charge in [-0.25, -0.2) is 13.4 Å². The van der Waals surface area contributed by atoms with Crippen molar-refractivity contribution in [1.82, 2.24) is 4.98 Å². The van der Waals surface area contributed by atoms with E-state index >= 15 is 0 Å². The summed E-state index contributed by atoms with van der Waals surface area (Å²) in [6.45, 7) is 1.90. The van der Waals surface area contributed by atoms with E-state index in [-0.39, 0.29) is 16.7 Å². The molecule has 150 valence electrons. The van der Waals surface area contributed by atoms with Crippen LogP contribution in [0.4, 0.5) is 5.69 Å². The van der Waals surface area contributed by atoms with E-state index in [2.05, 4.69) is 4.98 Å². The van der Waals surface area contributed by atoms with Crippen molar-refractivity contribution in [2.45, 2.75) is 24.3 Å². The van der Waals surface area contributed by atoms with E-state index in [0.717, 1.165) is 15.8 Å². The van der Waals surface area contributed by atoms with Crippen molar-refractivity contribution >= 4 is 43.0 Å². The monoisotopic (exact) mass is 434 g/mol. The second kappa shape index (κ2) is 7.04. The molecular weight excluding hydrogens is 416 g/mol. The number of ketones is 1. The Balaban J connectivity index is 1.54. The third kappa shape index (κ3) is 3.02. The third-order valence-corrected chi connectivity index (χ3v) is 8.25. The molecule has 3 aromatic carbocycles. The van der Waals surface area contributed by atoms with Crippen LogP contribution in [-0.4, -0.2) is 25.2 Å². The molecule has 0 saturated carbocycles. The Morgan fingerprint density at radius 1 is 1.03 bits per heavy atom. The quantitative estimate of drug-likeness (QED) is 0.438. The van der Waals surface area contributed by atoms with Crippen LogP contribution in [0.1, 0.15) is 27.9 Å². The Kier molecular flexibility index (Phi) is 4.45. The minimum absolute atomic E-state index is 0.109. The Bertz CT molecular complexity index is 1360. The Morgan fingerprint density at radius 2 is 1.80 bits per heavy atom. The standard InChI is InChI=1S/C23H18N2O3S2/c1-15-13-16-7-2-4-11-20(16)25(15)30(27,28)18-9-6-8-17(14-18)22(26)23-24-19-10-3-5-12-21(19)29-23/h2-12,14-15H,13H2,1H3/t15-/m1/s1. The number of sulfonamides is 1. The van der Waals surface area contributed by atoms with Crippen molar-refractivity contribution in [3.63, 3.8) is 0 Å². The molecule has 0 saturated heterocycles. The number of fused-ring (bicyclic) bond motifs is 2. The molecule has 5 nitrogen and oxygen atoms in total. The van der Waals surface area contributed by atoms with Gasteiger partial charge in [0, 0.05) is 11.6 Å². The summed E-state index contributed by atoms with van der Waals surface area (Å²) in [6, 6.07) is 21.1. The Hall–Kier alpha value is -3.03. The number of aromatic nitrogens is 1. The smallest absolute Gasteiger partial charge is 0.264 e. The molecule has 7 heteroatoms. The summed E-state index contributed by atoms with van der Waals surface area (Å²) in [7, 11) is -3.80. The van der Waals surface area contributed by atoms with Crippen LogP contribution in [0.25, 0.3) is 10.2 Å². The largest absolute Gasteiger partial charge is 0.286 e. The van der Waals surface area contributed by atoms with E-state index in [0.29, 0.717) is 22.7 Å². The van der Waals surface area contributed by atoms with Gasteiger partial charge in [-0.15, -0.1) is 11.3 Å². The van der Waals surface area contributed by atoms with E-state index in [1.165, 1.54) is 27.8 Å². The van der Waals surface area contributed by atoms with Gasteiger partial charge < -0.3 is 0 Å². The zero-order chi connectivity index (χ0) is 20.9. The number of para-hydroxylation sites is 2. The lowest BCUT2D eigenvalue weighted by atomic mass is 10.1. The highest BCUT2D eigenvalue weighted by molar-refractivity contribution is 7.92. The fourth-order valence-electron chi connectivity index (χ4n) is 3.91. The van der Waals surface area contributed by atoms with Crippen LogP contribution < -0.4 is 4.31 Å². The highest BCUT2D eigenvalue weighted by Gasteiger charge is 2.36. The highest BCUT2D eigenvalue weighted by atomic mass is 32.2. The van der Waals surface area contributed by atoms with Gasteiger partial charge in [0.25, 0.3) is 10.0 Å². The highest BCUT2D eigenvalue weighted by Crippen LogP contribution is 2.36. The SMILES string of the molecule is C[C@@H]1Cc2ccccc2N1S(=O)(=O)c1cccc(C(=O)c2nc3ccccc3s2)c1. The number of rotatable bonds is 4. The van der Waals surface area contributed by atoms with E-state index in [9.17, 15) is 13.2 Å². The second-order valence-corrected chi connectivity index (χ2v) is 10.2. The van der Waals surface area contributed by atoms with Gasteiger partial charge >= 0.3 is 0 Å². The molecule has 0 spiro atoms. The van der Waals surface area contributed by atoms with Crippen molar-refractivity contribution in [1.29, 1.82) is 0 Å². The molecule has 0 aliphatic carbocycles. The van der Waals surface area contributed by atoms with Gasteiger partial charge in [-0.05, 0) is 49.2 Å². The van der Waals surface area contributed by atoms with Gasteiger partial charge in [-0.2, -0.15) is 0 Å². The molecule has 30 heavy (non-hydrogen) atoms. The molecule has 0 bridgehead atoms. The zero-order valence-corrected chi connectivity index (χ0v) is 17.8. The van der Waals surface area contributed by atoms with Crippen LogP contribution in [0.15, 0.2) is 77.7 Å². The molecule has 2 heterocycles. The van der Waals surface area contributed by atoms with Crippen molar-refractivity contribution in [2.75, 3.05) is 4.31 Å². The number of carbonyl (C=O) groups excluding carboxylic acids is 1. The molecule has 1 aliphatic rings. The maximum atomic E-state index is 13.5. The average Bonchev–Trinajstić information content (AvgIpc) is 3.33. The number of carbonyl (C=O) groups is 1. The van der Waals surface area contributed by atoms with Gasteiger partial charge in [0.2, 0.25) is 5.78 Å². The van der Waals surface area contributed by atoms with Crippen molar-refractivity contribution < 1.29 is 13.2 Å². The minimum Gasteiger partial charge on any atom is -0.286 e. The van der Waals surface area contributed by atoms with Gasteiger partial charge in [0.15, 0.2) is 5.01 Å². The van der Waals surface area contributed by atoms with Gasteiger partial charge in [0.05, 0.1) is 20.8 Å². The van der Waals surface area contributed by atoms with Gasteiger partial charge in [-0.3, -0.25) is 9.10 Å². The van der Waals surface area contributed by atoms with E-state index in [1.54, 1.807) is 12.1 Å². The normalized spacial score (nSPS) is 16.0. The van der Waals surface area contributed by atoms with E-state index in [4.69, 9.17) is 0 Å². The first kappa shape index (κ1) is 19.0. The zero-order valence-electron chi connectivity index (χ0n) is 16.1. The first-order valence-corrected chi connectivity index (χ1v) is 11.8. The maximum Gasteiger partial charge on any atom is 0.264 e. The summed E-state index contributed by atoms with van der Waals surface area (Å²) in [5.74, 6) is -0.275. The molecule has 0 unspecified atom stereocenters.